The van der Waals surface area contributed by atoms with Crippen LogP contribution in [0.15, 0.2) is 100 Å². The van der Waals surface area contributed by atoms with Crippen molar-refractivity contribution < 1.29 is 37.3 Å². The van der Waals surface area contributed by atoms with Gasteiger partial charge in [0.25, 0.3) is 5.91 Å². The minimum absolute atomic E-state index is 0.0107. The maximum absolute atomic E-state index is 14.5. The van der Waals surface area contributed by atoms with Crippen molar-refractivity contribution in [2.75, 3.05) is 13.2 Å². The van der Waals surface area contributed by atoms with Gasteiger partial charge < -0.3 is 24.6 Å². The molecule has 4 aromatic rings. The van der Waals surface area contributed by atoms with Crippen molar-refractivity contribution in [3.05, 3.63) is 128 Å². The number of nitrogens with zero attached hydrogens (tertiary/aromatic N) is 1. The monoisotopic (exact) mass is 750 g/mol. The molecule has 246 valence electrons. The molecule has 0 aliphatic carbocycles. The summed E-state index contributed by atoms with van der Waals surface area (Å²) in [7, 11) is 0. The molecular weight excluding hydrogens is 724 g/mol. The number of carbonyl (C=O) groups excluding carboxylic acids is 1. The van der Waals surface area contributed by atoms with Crippen LogP contribution < -0.4 is 14.8 Å². The number of hydrogen-bond acceptors (Lipinski definition) is 6. The molecule has 0 spiro atoms. The highest BCUT2D eigenvalue weighted by Gasteiger charge is 2.54. The van der Waals surface area contributed by atoms with E-state index in [1.807, 2.05) is 24.3 Å². The number of carbonyl (C=O) groups is 1. The zero-order chi connectivity index (χ0) is 33.6. The molecule has 0 saturated carbocycles. The molecule has 7 nitrogen and oxygen atoms in total. The maximum Gasteiger partial charge on any atom is 0.573 e. The minimum atomic E-state index is -4.82. The second kappa shape index (κ2) is 15.0. The normalized spacial score (nSPS) is 17.5. The third-order valence-electron chi connectivity index (χ3n) is 7.30. The predicted molar refractivity (Wildman–Crippen MR) is 176 cm³/mol. The molecule has 0 bridgehead atoms. The number of benzene rings is 4. The molecule has 0 fully saturated rings. The molecule has 2 atom stereocenters. The lowest BCUT2D eigenvalue weighted by Crippen LogP contribution is -2.49. The molecule has 0 unspecified atom stereocenters. The Labute approximate surface area is 287 Å². The van der Waals surface area contributed by atoms with Crippen molar-refractivity contribution in [3.63, 3.8) is 0 Å². The molecule has 1 aliphatic heterocycles. The van der Waals surface area contributed by atoms with Gasteiger partial charge in [0.2, 0.25) is 5.90 Å². The molecule has 1 amide bonds. The Morgan fingerprint density at radius 3 is 2.36 bits per heavy atom. The Hall–Kier alpha value is -3.77. The Morgan fingerprint density at radius 1 is 1.00 bits per heavy atom. The molecular formula is C34H28BrCl2F3N2O5. The molecule has 0 saturated heterocycles. The van der Waals surface area contributed by atoms with E-state index in [-0.39, 0.29) is 36.2 Å². The van der Waals surface area contributed by atoms with E-state index in [2.05, 4.69) is 26.0 Å². The van der Waals surface area contributed by atoms with Crippen molar-refractivity contribution >= 4 is 50.9 Å². The third-order valence-corrected chi connectivity index (χ3v) is 8.64. The lowest BCUT2D eigenvalue weighted by molar-refractivity contribution is -0.274. The number of aliphatic imine (C=N–C) groups is 1. The van der Waals surface area contributed by atoms with E-state index in [9.17, 15) is 18.0 Å². The van der Waals surface area contributed by atoms with Crippen LogP contribution in [0.25, 0.3) is 0 Å². The van der Waals surface area contributed by atoms with Gasteiger partial charge in [0.1, 0.15) is 11.5 Å². The Bertz CT molecular complexity index is 1740. The lowest BCUT2D eigenvalue weighted by atomic mass is 9.82. The number of alkyl halides is 3. The van der Waals surface area contributed by atoms with E-state index in [0.29, 0.717) is 40.5 Å². The van der Waals surface area contributed by atoms with Crippen molar-refractivity contribution in [1.29, 1.82) is 0 Å². The van der Waals surface area contributed by atoms with Gasteiger partial charge in [0, 0.05) is 51.6 Å². The van der Waals surface area contributed by atoms with E-state index in [4.69, 9.17) is 42.8 Å². The predicted octanol–water partition coefficient (Wildman–Crippen LogP) is 8.23. The van der Waals surface area contributed by atoms with Gasteiger partial charge in [-0.15, -0.1) is 13.2 Å². The van der Waals surface area contributed by atoms with Gasteiger partial charge in [-0.1, -0.05) is 75.5 Å². The number of aliphatic hydroxyl groups excluding tert-OH is 1. The van der Waals surface area contributed by atoms with Gasteiger partial charge in [-0.3, -0.25) is 4.79 Å². The molecule has 1 heterocycles. The highest BCUT2D eigenvalue weighted by molar-refractivity contribution is 9.10. The number of aliphatic hydroxyl groups is 1. The summed E-state index contributed by atoms with van der Waals surface area (Å²) in [6.07, 6.45) is -5.25. The van der Waals surface area contributed by atoms with Crippen molar-refractivity contribution in [2.45, 2.75) is 37.4 Å². The summed E-state index contributed by atoms with van der Waals surface area (Å²) >= 11 is 16.5. The summed E-state index contributed by atoms with van der Waals surface area (Å²) in [4.78, 5) is 19.4. The number of hydrogen-bond donors (Lipinski definition) is 2. The summed E-state index contributed by atoms with van der Waals surface area (Å²) in [6, 6.07) is 24.5. The molecule has 13 heteroatoms. The van der Waals surface area contributed by atoms with Gasteiger partial charge in [0.15, 0.2) is 11.6 Å². The Balaban J connectivity index is 1.53. The standard InChI is InChI=1S/C34H28BrCl2F3N2O5/c35-28-5-2-1-4-23(28)19-33(32(44)41-20-21-6-11-26(12-7-21)47-34(38,39)40)30(27-15-10-24(36)18-29(27)37)46-31(42-33)22-8-13-25(14-9-22)45-17-3-16-43/h1-2,4-15,18,30,43H,3,16-17,19-20H2,(H,41,44)/t30-,33-/m1/s1. The smallest absolute Gasteiger partial charge is 0.494 e. The maximum atomic E-state index is 14.5. The topological polar surface area (TPSA) is 89.4 Å². The number of rotatable bonds is 12. The molecule has 4 aromatic carbocycles. The number of amides is 1. The first-order chi connectivity index (χ1) is 22.5. The summed E-state index contributed by atoms with van der Waals surface area (Å²) in [5.74, 6) is -0.0988. The highest BCUT2D eigenvalue weighted by Crippen LogP contribution is 2.45. The average Bonchev–Trinajstić information content (AvgIpc) is 3.41. The van der Waals surface area contributed by atoms with Crippen LogP contribution in [0, 0.1) is 0 Å². The van der Waals surface area contributed by atoms with Gasteiger partial charge in [-0.25, -0.2) is 4.99 Å². The summed E-state index contributed by atoms with van der Waals surface area (Å²) in [5.41, 5.74) is 0.774. The van der Waals surface area contributed by atoms with Crippen LogP contribution in [-0.2, 0) is 22.5 Å². The number of nitrogens with one attached hydrogen (secondary N) is 1. The first-order valence-corrected chi connectivity index (χ1v) is 15.9. The van der Waals surface area contributed by atoms with Crippen LogP contribution in [0.4, 0.5) is 13.2 Å². The SMILES string of the molecule is O=C(NCc1ccc(OC(F)(F)F)cc1)[C@]1(Cc2ccccc2Br)N=C(c2ccc(OCCCO)cc2)O[C@@H]1c1ccc(Cl)cc1Cl. The highest BCUT2D eigenvalue weighted by atomic mass is 79.9. The molecule has 0 radical (unpaired) electrons. The fourth-order valence-corrected chi connectivity index (χ4v) is 5.98. The zero-order valence-corrected chi connectivity index (χ0v) is 27.7. The third kappa shape index (κ3) is 8.58. The fraction of sp³-hybridized carbons (Fsp3) is 0.235. The first-order valence-electron chi connectivity index (χ1n) is 14.4. The number of ether oxygens (including phenoxy) is 3. The van der Waals surface area contributed by atoms with E-state index < -0.39 is 23.9 Å². The van der Waals surface area contributed by atoms with Crippen LogP contribution >= 0.6 is 39.1 Å². The average molecular weight is 752 g/mol. The van der Waals surface area contributed by atoms with Gasteiger partial charge in [-0.2, -0.15) is 0 Å². The van der Waals surface area contributed by atoms with E-state index in [1.54, 1.807) is 42.5 Å². The van der Waals surface area contributed by atoms with Crippen LogP contribution in [0.5, 0.6) is 11.5 Å². The molecule has 2 N–H and O–H groups in total. The second-order valence-corrected chi connectivity index (χ2v) is 12.3. The van der Waals surface area contributed by atoms with Crippen molar-refractivity contribution in [3.8, 4) is 11.5 Å². The van der Waals surface area contributed by atoms with Crippen LogP contribution in [0.1, 0.15) is 34.8 Å². The molecule has 47 heavy (non-hydrogen) atoms. The summed E-state index contributed by atoms with van der Waals surface area (Å²) in [6.45, 7) is 0.337. The van der Waals surface area contributed by atoms with Gasteiger partial charge >= 0.3 is 6.36 Å². The van der Waals surface area contributed by atoms with Gasteiger partial charge in [0.05, 0.1) is 6.61 Å². The minimum Gasteiger partial charge on any atom is -0.494 e. The Morgan fingerprint density at radius 2 is 1.70 bits per heavy atom. The molecule has 5 rings (SSSR count). The van der Waals surface area contributed by atoms with Crippen LogP contribution in [0.2, 0.25) is 10.0 Å². The first kappa shape index (κ1) is 34.6. The van der Waals surface area contributed by atoms with E-state index >= 15 is 0 Å². The zero-order valence-electron chi connectivity index (χ0n) is 24.6. The summed E-state index contributed by atoms with van der Waals surface area (Å²) in [5, 5.41) is 12.6. The second-order valence-electron chi connectivity index (χ2n) is 10.6. The summed E-state index contributed by atoms with van der Waals surface area (Å²) < 4.78 is 54.8. The fourth-order valence-electron chi connectivity index (χ4n) is 5.05. The van der Waals surface area contributed by atoms with Crippen LogP contribution in [0.3, 0.4) is 0 Å². The largest absolute Gasteiger partial charge is 0.573 e. The number of halogens is 6. The Kier molecular flexibility index (Phi) is 11.0. The van der Waals surface area contributed by atoms with E-state index in [1.165, 1.54) is 24.3 Å². The quantitative estimate of drug-likeness (QED) is 0.143. The van der Waals surface area contributed by atoms with Crippen molar-refractivity contribution in [2.24, 2.45) is 4.99 Å². The lowest BCUT2D eigenvalue weighted by Gasteiger charge is -2.31. The molecule has 0 aromatic heterocycles. The van der Waals surface area contributed by atoms with Crippen molar-refractivity contribution in [1.82, 2.24) is 5.32 Å². The molecule has 1 aliphatic rings. The van der Waals surface area contributed by atoms with E-state index in [0.717, 1.165) is 10.0 Å². The van der Waals surface area contributed by atoms with Crippen LogP contribution in [-0.4, -0.2) is 42.0 Å². The van der Waals surface area contributed by atoms with Gasteiger partial charge in [-0.05, 0) is 65.7 Å².